The highest BCUT2D eigenvalue weighted by Gasteiger charge is 2.42. The summed E-state index contributed by atoms with van der Waals surface area (Å²) < 4.78 is 5.28. The maximum atomic E-state index is 12.1. The summed E-state index contributed by atoms with van der Waals surface area (Å²) in [6.45, 7) is 0. The summed E-state index contributed by atoms with van der Waals surface area (Å²) in [5.41, 5.74) is -14.8. The predicted molar refractivity (Wildman–Crippen MR) is 237 cm³/mol. The standard InChI is InChI=1S/C44H28O29/c45-15-9(28(58)41(71)43-13(15)14-29(59)38(68)40(70)42(72)44(14)73-43)2-6-3(16(46)30(60)33(63)19(6)49)1(4-7(2)20(50)34(64)31(61)17(4)47)5-8(21(51)35(65)32(62)18(5)48)10-22(52)24(54)11(25(55)23(10)53)12-26(56)36(66)39(69)37(67)27(12)57/h45-72H. The fourth-order valence-corrected chi connectivity index (χ4v) is 8.76. The number of hydrogen-bond donors (Lipinski definition) is 28. The van der Waals surface area contributed by atoms with Gasteiger partial charge in [0.25, 0.3) is 0 Å². The highest BCUT2D eigenvalue weighted by Crippen LogP contribution is 2.70. The Morgan fingerprint density at radius 2 is 0.288 bits per heavy atom. The van der Waals surface area contributed by atoms with Crippen LogP contribution in [0.15, 0.2) is 4.42 Å². The van der Waals surface area contributed by atoms with E-state index in [4.69, 9.17) is 4.42 Å². The lowest BCUT2D eigenvalue weighted by Gasteiger charge is -2.26. The molecule has 9 aromatic rings. The lowest BCUT2D eigenvalue weighted by Crippen LogP contribution is -1.98. The molecule has 0 aliphatic rings. The molecular weight excluding hydrogens is 992 g/mol. The van der Waals surface area contributed by atoms with Gasteiger partial charge in [-0.05, 0) is 0 Å². The normalized spacial score (nSPS) is 11.7. The van der Waals surface area contributed by atoms with Crippen LogP contribution in [0.3, 0.4) is 0 Å². The zero-order valence-electron chi connectivity index (χ0n) is 34.9. The van der Waals surface area contributed by atoms with Crippen molar-refractivity contribution >= 4 is 43.5 Å². The number of benzene rings is 8. The Bertz CT molecular complexity index is 3970. The molecule has 0 aliphatic carbocycles. The Morgan fingerprint density at radius 1 is 0.123 bits per heavy atom. The minimum Gasteiger partial charge on any atom is -0.506 e. The second-order valence-corrected chi connectivity index (χ2v) is 15.8. The average molecular weight is 1020 g/mol. The van der Waals surface area contributed by atoms with Gasteiger partial charge in [0.05, 0.1) is 33.0 Å². The summed E-state index contributed by atoms with van der Waals surface area (Å²) >= 11 is 0. The molecule has 0 spiro atoms. The van der Waals surface area contributed by atoms with Crippen molar-refractivity contribution in [2.45, 2.75) is 0 Å². The van der Waals surface area contributed by atoms with Crippen molar-refractivity contribution in [1.82, 2.24) is 0 Å². The van der Waals surface area contributed by atoms with Gasteiger partial charge in [0.2, 0.25) is 74.7 Å². The summed E-state index contributed by atoms with van der Waals surface area (Å²) in [5.74, 6) is -49.1. The second kappa shape index (κ2) is 14.5. The molecule has 29 nitrogen and oxygen atoms in total. The number of furan rings is 1. The average Bonchev–Trinajstić information content (AvgIpc) is 3.78. The van der Waals surface area contributed by atoms with E-state index in [9.17, 15) is 143 Å². The molecule has 73 heavy (non-hydrogen) atoms. The number of rotatable bonds is 4. The first-order chi connectivity index (χ1) is 34.0. The minimum atomic E-state index is -1.96. The van der Waals surface area contributed by atoms with Crippen molar-refractivity contribution in [2.24, 2.45) is 0 Å². The first-order valence-electron chi connectivity index (χ1n) is 19.4. The molecule has 0 amide bonds. The van der Waals surface area contributed by atoms with Crippen LogP contribution in [0.1, 0.15) is 0 Å². The Morgan fingerprint density at radius 3 is 0.630 bits per heavy atom. The van der Waals surface area contributed by atoms with Gasteiger partial charge in [-0.1, -0.05) is 0 Å². The van der Waals surface area contributed by atoms with Gasteiger partial charge >= 0.3 is 0 Å². The number of aromatic hydroxyl groups is 28. The van der Waals surface area contributed by atoms with Gasteiger partial charge in [0.15, 0.2) is 91.7 Å². The van der Waals surface area contributed by atoms with Crippen molar-refractivity contribution in [1.29, 1.82) is 0 Å². The van der Waals surface area contributed by atoms with Gasteiger partial charge in [0, 0.05) is 43.8 Å². The second-order valence-electron chi connectivity index (χ2n) is 15.8. The molecule has 29 heteroatoms. The van der Waals surface area contributed by atoms with E-state index < -0.39 is 249 Å². The fourth-order valence-electron chi connectivity index (χ4n) is 8.76. The van der Waals surface area contributed by atoms with Gasteiger partial charge < -0.3 is 147 Å². The summed E-state index contributed by atoms with van der Waals surface area (Å²) in [4.78, 5) is 0. The molecule has 0 bridgehead atoms. The number of phenols is 28. The molecule has 0 fully saturated rings. The SMILES string of the molecule is Oc1c(O)c(O)c(-c2c(O)c(O)c(-c3c(O)c(O)c(O)c(O)c3-c3c4c(O)c(O)c(O)c(O)c4c(-c4c(O)c(O)c5oc6c(O)c(O)c(O)c(O)c6c5c4O)c4c(O)c(O)c(O)c(O)c34)c(O)c2O)c(O)c1O. The molecule has 28 N–H and O–H groups in total. The summed E-state index contributed by atoms with van der Waals surface area (Å²) in [5, 5.41) is 303. The van der Waals surface area contributed by atoms with Gasteiger partial charge in [-0.25, -0.2) is 0 Å². The minimum absolute atomic E-state index is 1.02. The van der Waals surface area contributed by atoms with E-state index in [2.05, 4.69) is 0 Å². The maximum absolute atomic E-state index is 12.1. The smallest absolute Gasteiger partial charge is 0.208 e. The Labute approximate surface area is 395 Å². The maximum Gasteiger partial charge on any atom is 0.208 e. The third-order valence-electron chi connectivity index (χ3n) is 12.1. The van der Waals surface area contributed by atoms with E-state index in [1.807, 2.05) is 0 Å². The van der Waals surface area contributed by atoms with Gasteiger partial charge in [-0.15, -0.1) is 0 Å². The largest absolute Gasteiger partial charge is 0.506 e. The summed E-state index contributed by atoms with van der Waals surface area (Å²) in [6.07, 6.45) is 0. The van der Waals surface area contributed by atoms with Crippen molar-refractivity contribution in [3.63, 3.8) is 0 Å². The first-order valence-corrected chi connectivity index (χ1v) is 19.4. The molecule has 0 unspecified atom stereocenters. The molecule has 0 atom stereocenters. The highest BCUT2D eigenvalue weighted by atomic mass is 16.4. The zero-order valence-corrected chi connectivity index (χ0v) is 34.9. The molecule has 0 aliphatic heterocycles. The van der Waals surface area contributed by atoms with Crippen molar-refractivity contribution in [3.05, 3.63) is 0 Å². The molecular formula is C44H28O29. The summed E-state index contributed by atoms with van der Waals surface area (Å²) in [7, 11) is 0. The molecule has 1 aromatic heterocycles. The van der Waals surface area contributed by atoms with Crippen LogP contribution in [0, 0.1) is 0 Å². The lowest BCUT2D eigenvalue weighted by atomic mass is 9.80. The molecule has 9 rings (SSSR count). The van der Waals surface area contributed by atoms with E-state index in [0.717, 1.165) is 0 Å². The Balaban J connectivity index is 1.59. The molecule has 0 radical (unpaired) electrons. The van der Waals surface area contributed by atoms with Crippen LogP contribution >= 0.6 is 0 Å². The monoisotopic (exact) mass is 1020 g/mol. The first kappa shape index (κ1) is 46.6. The Hall–Kier alpha value is -11.5. The van der Waals surface area contributed by atoms with Crippen LogP contribution in [0.5, 0.6) is 161 Å². The van der Waals surface area contributed by atoms with Crippen LogP contribution in [0.25, 0.3) is 88.0 Å². The topological polar surface area (TPSA) is 580 Å². The highest BCUT2D eigenvalue weighted by molar-refractivity contribution is 6.32. The van der Waals surface area contributed by atoms with Gasteiger partial charge in [-0.2, -0.15) is 0 Å². The van der Waals surface area contributed by atoms with Gasteiger partial charge in [0.1, 0.15) is 5.75 Å². The van der Waals surface area contributed by atoms with Crippen LogP contribution in [0.2, 0.25) is 0 Å². The van der Waals surface area contributed by atoms with E-state index in [-0.39, 0.29) is 0 Å². The number of fused-ring (bicyclic) bond motifs is 5. The van der Waals surface area contributed by atoms with Crippen LogP contribution < -0.4 is 0 Å². The fraction of sp³-hybridized carbons (Fsp3) is 0. The lowest BCUT2D eigenvalue weighted by molar-refractivity contribution is 0.329. The van der Waals surface area contributed by atoms with Crippen LogP contribution in [-0.4, -0.2) is 143 Å². The van der Waals surface area contributed by atoms with E-state index in [1.165, 1.54) is 0 Å². The molecule has 378 valence electrons. The van der Waals surface area contributed by atoms with Gasteiger partial charge in [-0.3, -0.25) is 0 Å². The third kappa shape index (κ3) is 5.36. The molecule has 0 saturated carbocycles. The molecule has 0 saturated heterocycles. The number of hydrogen-bond acceptors (Lipinski definition) is 29. The summed E-state index contributed by atoms with van der Waals surface area (Å²) in [6, 6.07) is 0. The van der Waals surface area contributed by atoms with Crippen molar-refractivity contribution in [2.75, 3.05) is 0 Å². The predicted octanol–water partition coefficient (Wildman–Crippen LogP) is 4.32. The zero-order chi connectivity index (χ0) is 54.1. The molecule has 1 heterocycles. The van der Waals surface area contributed by atoms with Crippen molar-refractivity contribution < 1.29 is 147 Å². The third-order valence-corrected chi connectivity index (χ3v) is 12.1. The van der Waals surface area contributed by atoms with Crippen molar-refractivity contribution in [3.8, 4) is 205 Å². The van der Waals surface area contributed by atoms with E-state index in [0.29, 0.717) is 0 Å². The van der Waals surface area contributed by atoms with Crippen LogP contribution in [0.4, 0.5) is 0 Å². The Kier molecular flexibility index (Phi) is 9.25. The van der Waals surface area contributed by atoms with E-state index in [1.54, 1.807) is 0 Å². The quantitative estimate of drug-likeness (QED) is 0.0663. The van der Waals surface area contributed by atoms with Crippen LogP contribution in [-0.2, 0) is 0 Å². The van der Waals surface area contributed by atoms with E-state index >= 15 is 0 Å². The molecule has 8 aromatic carbocycles. The number of phenolic OH excluding ortho intramolecular Hbond substituents is 28.